The summed E-state index contributed by atoms with van der Waals surface area (Å²) in [5.74, 6) is -0.449. The van der Waals surface area contributed by atoms with Crippen LogP contribution in [0.1, 0.15) is 22.3 Å². The van der Waals surface area contributed by atoms with Crippen LogP contribution < -0.4 is 5.32 Å². The van der Waals surface area contributed by atoms with Gasteiger partial charge in [-0.15, -0.1) is 0 Å². The van der Waals surface area contributed by atoms with E-state index in [0.29, 0.717) is 25.3 Å². The molecular weight excluding hydrogens is 330 g/mol. The van der Waals surface area contributed by atoms with E-state index < -0.39 is 0 Å². The lowest BCUT2D eigenvalue weighted by Gasteiger charge is -2.22. The van der Waals surface area contributed by atoms with Crippen LogP contribution in [0.4, 0.5) is 0 Å². The van der Waals surface area contributed by atoms with Gasteiger partial charge in [-0.25, -0.2) is 0 Å². The summed E-state index contributed by atoms with van der Waals surface area (Å²) in [4.78, 5) is 31.4. The normalized spacial score (nSPS) is 24.3. The van der Waals surface area contributed by atoms with Crippen molar-refractivity contribution in [3.8, 4) is 0 Å². The lowest BCUT2D eigenvalue weighted by atomic mass is 10.0. The van der Waals surface area contributed by atoms with E-state index in [2.05, 4.69) is 10.3 Å². The highest BCUT2D eigenvalue weighted by atomic mass is 16.5. The third kappa shape index (κ3) is 3.20. The molecule has 2 fully saturated rings. The Morgan fingerprint density at radius 3 is 2.81 bits per heavy atom. The van der Waals surface area contributed by atoms with Crippen molar-refractivity contribution in [1.82, 2.24) is 15.2 Å². The predicted octanol–water partition coefficient (Wildman–Crippen LogP) is 1.63. The molecule has 0 unspecified atom stereocenters. The zero-order valence-electron chi connectivity index (χ0n) is 14.4. The summed E-state index contributed by atoms with van der Waals surface area (Å²) in [5, 5.41) is 2.96. The highest BCUT2D eigenvalue weighted by molar-refractivity contribution is 5.95. The topological polar surface area (TPSA) is 71.5 Å². The van der Waals surface area contributed by atoms with Gasteiger partial charge in [-0.2, -0.15) is 0 Å². The van der Waals surface area contributed by atoms with Crippen molar-refractivity contribution >= 4 is 11.8 Å². The van der Waals surface area contributed by atoms with Gasteiger partial charge in [-0.05, 0) is 30.2 Å². The molecule has 1 aromatic heterocycles. The van der Waals surface area contributed by atoms with E-state index in [4.69, 9.17) is 4.74 Å². The third-order valence-corrected chi connectivity index (χ3v) is 5.10. The number of nitrogens with one attached hydrogen (secondary N) is 1. The lowest BCUT2D eigenvalue weighted by Crippen LogP contribution is -2.37. The van der Waals surface area contributed by atoms with E-state index in [9.17, 15) is 9.59 Å². The van der Waals surface area contributed by atoms with Gasteiger partial charge in [0.05, 0.1) is 18.1 Å². The quantitative estimate of drug-likeness (QED) is 0.909. The number of likely N-dealkylation sites (tertiary alicyclic amines) is 1. The minimum Gasteiger partial charge on any atom is -0.375 e. The van der Waals surface area contributed by atoms with Crippen molar-refractivity contribution in [1.29, 1.82) is 0 Å². The van der Waals surface area contributed by atoms with Crippen molar-refractivity contribution < 1.29 is 14.3 Å². The Bertz CT molecular complexity index is 781. The zero-order chi connectivity index (χ0) is 17.9. The van der Waals surface area contributed by atoms with Crippen LogP contribution in [0.25, 0.3) is 0 Å². The average molecular weight is 351 g/mol. The third-order valence-electron chi connectivity index (χ3n) is 5.10. The summed E-state index contributed by atoms with van der Waals surface area (Å²) in [7, 11) is 0. The number of amides is 2. The van der Waals surface area contributed by atoms with Gasteiger partial charge in [0.25, 0.3) is 5.91 Å². The van der Waals surface area contributed by atoms with Crippen LogP contribution in [-0.2, 0) is 16.1 Å². The molecule has 2 aliphatic rings. The van der Waals surface area contributed by atoms with Gasteiger partial charge in [-0.1, -0.05) is 24.3 Å². The molecule has 2 aliphatic heterocycles. The molecule has 0 radical (unpaired) electrons. The van der Waals surface area contributed by atoms with Crippen molar-refractivity contribution in [3.05, 3.63) is 66.0 Å². The molecule has 2 amide bonds. The molecule has 0 spiro atoms. The average Bonchev–Trinajstić information content (AvgIpc) is 3.30. The maximum absolute atomic E-state index is 12.9. The number of nitrogens with zero attached hydrogens (tertiary/aromatic N) is 2. The van der Waals surface area contributed by atoms with Gasteiger partial charge in [0, 0.05) is 37.7 Å². The minimum atomic E-state index is -0.341. The molecule has 0 bridgehead atoms. The van der Waals surface area contributed by atoms with Crippen LogP contribution in [0, 0.1) is 5.92 Å². The van der Waals surface area contributed by atoms with E-state index in [1.165, 1.54) is 0 Å². The minimum absolute atomic E-state index is 0.0307. The van der Waals surface area contributed by atoms with Crippen LogP contribution in [0.2, 0.25) is 0 Å². The Hall–Kier alpha value is -2.73. The standard InChI is InChI=1S/C20H21N3O3/c24-19(22-12-14-5-4-9-21-11-14)16-13-23(17-8-10-26-18(16)17)20(25)15-6-2-1-3-7-15/h1-7,9,11,16-18H,8,10,12-13H2,(H,22,24)/t16-,17+,18+/m1/s1. The summed E-state index contributed by atoms with van der Waals surface area (Å²) in [6.45, 7) is 1.40. The molecule has 4 rings (SSSR count). The number of pyridine rings is 1. The second kappa shape index (κ2) is 7.25. The predicted molar refractivity (Wildman–Crippen MR) is 95.2 cm³/mol. The maximum atomic E-state index is 12.9. The van der Waals surface area contributed by atoms with Gasteiger partial charge in [0.1, 0.15) is 0 Å². The summed E-state index contributed by atoms with van der Waals surface area (Å²) >= 11 is 0. The molecule has 1 N–H and O–H groups in total. The Labute approximate surface area is 152 Å². The van der Waals surface area contributed by atoms with Gasteiger partial charge < -0.3 is 15.0 Å². The molecule has 3 atom stereocenters. The number of hydrogen-bond donors (Lipinski definition) is 1. The second-order valence-corrected chi connectivity index (χ2v) is 6.70. The number of fused-ring (bicyclic) bond motifs is 1. The summed E-state index contributed by atoms with van der Waals surface area (Å²) < 4.78 is 5.81. The lowest BCUT2D eigenvalue weighted by molar-refractivity contribution is -0.127. The number of carbonyl (C=O) groups excluding carboxylic acids is 2. The Balaban J connectivity index is 1.46. The molecule has 6 nitrogen and oxygen atoms in total. The molecule has 0 aliphatic carbocycles. The van der Waals surface area contributed by atoms with Crippen LogP contribution in [0.3, 0.4) is 0 Å². The number of aromatic nitrogens is 1. The number of carbonyl (C=O) groups is 2. The van der Waals surface area contributed by atoms with Gasteiger partial charge >= 0.3 is 0 Å². The van der Waals surface area contributed by atoms with Gasteiger partial charge in [0.2, 0.25) is 5.91 Å². The molecule has 0 saturated carbocycles. The zero-order valence-corrected chi connectivity index (χ0v) is 14.4. The van der Waals surface area contributed by atoms with Gasteiger partial charge in [-0.3, -0.25) is 14.6 Å². The second-order valence-electron chi connectivity index (χ2n) is 6.70. The van der Waals surface area contributed by atoms with Crippen LogP contribution in [-0.4, -0.2) is 47.0 Å². The van der Waals surface area contributed by atoms with Crippen molar-refractivity contribution in [2.24, 2.45) is 5.92 Å². The molecule has 6 heteroatoms. The Kier molecular flexibility index (Phi) is 4.67. The molecular formula is C20H21N3O3. The molecule has 2 saturated heterocycles. The number of hydrogen-bond acceptors (Lipinski definition) is 4. The van der Waals surface area contributed by atoms with Crippen LogP contribution >= 0.6 is 0 Å². The van der Waals surface area contributed by atoms with E-state index in [0.717, 1.165) is 12.0 Å². The summed E-state index contributed by atoms with van der Waals surface area (Å²) in [6.07, 6.45) is 3.98. The summed E-state index contributed by atoms with van der Waals surface area (Å²) in [5.41, 5.74) is 1.59. The maximum Gasteiger partial charge on any atom is 0.254 e. The first-order valence-electron chi connectivity index (χ1n) is 8.88. The van der Waals surface area contributed by atoms with E-state index in [1.807, 2.05) is 42.5 Å². The fourth-order valence-corrected chi connectivity index (χ4v) is 3.80. The molecule has 26 heavy (non-hydrogen) atoms. The summed E-state index contributed by atoms with van der Waals surface area (Å²) in [6, 6.07) is 12.9. The number of rotatable bonds is 4. The van der Waals surface area contributed by atoms with Crippen molar-refractivity contribution in [3.63, 3.8) is 0 Å². The number of benzene rings is 1. The molecule has 2 aromatic rings. The molecule has 1 aromatic carbocycles. The van der Waals surface area contributed by atoms with Crippen molar-refractivity contribution in [2.75, 3.05) is 13.2 Å². The Morgan fingerprint density at radius 1 is 1.19 bits per heavy atom. The first-order valence-corrected chi connectivity index (χ1v) is 8.88. The molecule has 134 valence electrons. The fraction of sp³-hybridized carbons (Fsp3) is 0.350. The highest BCUT2D eigenvalue weighted by Gasteiger charge is 2.50. The first-order chi connectivity index (χ1) is 12.7. The first kappa shape index (κ1) is 16.7. The van der Waals surface area contributed by atoms with E-state index >= 15 is 0 Å². The largest absolute Gasteiger partial charge is 0.375 e. The Morgan fingerprint density at radius 2 is 2.04 bits per heavy atom. The van der Waals surface area contributed by atoms with Crippen molar-refractivity contribution in [2.45, 2.75) is 25.1 Å². The van der Waals surface area contributed by atoms with Crippen LogP contribution in [0.15, 0.2) is 54.9 Å². The SMILES string of the molecule is O=C(NCc1cccnc1)[C@@H]1CN(C(=O)c2ccccc2)[C@H]2CCO[C@@H]12. The van der Waals surface area contributed by atoms with E-state index in [1.54, 1.807) is 17.3 Å². The monoisotopic (exact) mass is 351 g/mol. The molecule has 3 heterocycles. The number of ether oxygens (including phenoxy) is 1. The van der Waals surface area contributed by atoms with Crippen LogP contribution in [0.5, 0.6) is 0 Å². The highest BCUT2D eigenvalue weighted by Crippen LogP contribution is 2.34. The van der Waals surface area contributed by atoms with E-state index in [-0.39, 0.29) is 29.9 Å². The fourth-order valence-electron chi connectivity index (χ4n) is 3.80. The van der Waals surface area contributed by atoms with Gasteiger partial charge in [0.15, 0.2) is 0 Å². The smallest absolute Gasteiger partial charge is 0.254 e.